The second kappa shape index (κ2) is 4.00. The molecule has 2 N–H and O–H groups in total. The minimum atomic E-state index is 0.501. The summed E-state index contributed by atoms with van der Waals surface area (Å²) in [5, 5.41) is 5.11. The predicted octanol–water partition coefficient (Wildman–Crippen LogP) is 2.50. The normalized spacial score (nSPS) is 10.7. The second-order valence-corrected chi connectivity index (χ2v) is 5.97. The molecule has 0 fully saturated rings. The predicted molar refractivity (Wildman–Crippen MR) is 63.3 cm³/mol. The molecule has 0 aliphatic heterocycles. The molecule has 0 aromatic carbocycles. The van der Waals surface area contributed by atoms with Crippen LogP contribution in [0.25, 0.3) is 0 Å². The van der Waals surface area contributed by atoms with Gasteiger partial charge >= 0.3 is 0 Å². The number of hydrogen-bond donors (Lipinski definition) is 1. The zero-order chi connectivity index (χ0) is 10.1. The van der Waals surface area contributed by atoms with E-state index in [9.17, 15) is 0 Å². The maximum absolute atomic E-state index is 5.59. The fourth-order valence-corrected chi connectivity index (χ4v) is 2.60. The van der Waals surface area contributed by atoms with Gasteiger partial charge < -0.3 is 5.73 Å². The molecule has 0 atom stereocenters. The van der Waals surface area contributed by atoms with Crippen molar-refractivity contribution in [1.82, 2.24) is 14.8 Å². The highest BCUT2D eigenvalue weighted by Crippen LogP contribution is 2.21. The third kappa shape index (κ3) is 2.15. The van der Waals surface area contributed by atoms with Crippen LogP contribution >= 0.6 is 43.2 Å². The molecule has 0 saturated heterocycles. The summed E-state index contributed by atoms with van der Waals surface area (Å²) in [5.41, 5.74) is 5.59. The molecule has 74 valence electrons. The van der Waals surface area contributed by atoms with Gasteiger partial charge in [-0.15, -0.1) is 11.3 Å². The van der Waals surface area contributed by atoms with Crippen molar-refractivity contribution >= 4 is 49.0 Å². The van der Waals surface area contributed by atoms with Crippen LogP contribution < -0.4 is 5.73 Å². The van der Waals surface area contributed by atoms with Crippen LogP contribution in [0, 0.1) is 0 Å². The molecule has 0 spiro atoms. The van der Waals surface area contributed by atoms with Crippen LogP contribution in [0.4, 0.5) is 5.82 Å². The van der Waals surface area contributed by atoms with Crippen molar-refractivity contribution in [3.05, 3.63) is 25.7 Å². The number of rotatable bonds is 2. The lowest BCUT2D eigenvalue weighted by Gasteiger charge is -1.94. The van der Waals surface area contributed by atoms with Gasteiger partial charge in [0.1, 0.15) is 5.01 Å². The Bertz CT molecular complexity index is 431. The topological polar surface area (TPSA) is 56.7 Å². The maximum atomic E-state index is 5.59. The number of nitrogen functional groups attached to an aromatic ring is 1. The smallest absolute Gasteiger partial charge is 0.159 e. The van der Waals surface area contributed by atoms with Crippen LogP contribution in [0.2, 0.25) is 0 Å². The Kier molecular flexibility index (Phi) is 2.89. The molecule has 2 rings (SSSR count). The summed E-state index contributed by atoms with van der Waals surface area (Å²) in [6.07, 6.45) is 3.62. The van der Waals surface area contributed by atoms with Gasteiger partial charge in [0.05, 0.1) is 21.0 Å². The van der Waals surface area contributed by atoms with E-state index >= 15 is 0 Å². The van der Waals surface area contributed by atoms with E-state index in [0.717, 1.165) is 13.3 Å². The Morgan fingerprint density at radius 2 is 2.29 bits per heavy atom. The number of nitrogens with zero attached hydrogens (tertiary/aromatic N) is 3. The van der Waals surface area contributed by atoms with Crippen molar-refractivity contribution in [1.29, 1.82) is 0 Å². The molecular weight excluding hydrogens is 332 g/mol. The van der Waals surface area contributed by atoms with Gasteiger partial charge in [-0.2, -0.15) is 5.10 Å². The number of anilines is 1. The molecule has 0 aliphatic rings. The highest BCUT2D eigenvalue weighted by Gasteiger charge is 2.05. The minimum Gasteiger partial charge on any atom is -0.381 e. The van der Waals surface area contributed by atoms with E-state index in [1.807, 2.05) is 6.20 Å². The summed E-state index contributed by atoms with van der Waals surface area (Å²) in [6, 6.07) is 0. The average Bonchev–Trinajstić information content (AvgIpc) is 2.62. The fraction of sp³-hybridized carbons (Fsp3) is 0.143. The molecule has 0 aliphatic carbocycles. The third-order valence-corrected chi connectivity index (χ3v) is 3.64. The molecule has 0 radical (unpaired) electrons. The summed E-state index contributed by atoms with van der Waals surface area (Å²) >= 11 is 8.24. The van der Waals surface area contributed by atoms with E-state index in [-0.39, 0.29) is 0 Å². The summed E-state index contributed by atoms with van der Waals surface area (Å²) < 4.78 is 3.59. The molecule has 14 heavy (non-hydrogen) atoms. The number of nitrogens with two attached hydrogens (primary N) is 1. The zero-order valence-electron chi connectivity index (χ0n) is 6.94. The second-order valence-electron chi connectivity index (χ2n) is 2.62. The fourth-order valence-electron chi connectivity index (χ4n) is 0.993. The van der Waals surface area contributed by atoms with Crippen LogP contribution in [0.3, 0.4) is 0 Å². The molecule has 0 bridgehead atoms. The monoisotopic (exact) mass is 336 g/mol. The first-order chi connectivity index (χ1) is 6.65. The molecule has 2 heterocycles. The average molecular weight is 338 g/mol. The summed E-state index contributed by atoms with van der Waals surface area (Å²) in [7, 11) is 0. The van der Waals surface area contributed by atoms with E-state index in [0.29, 0.717) is 12.4 Å². The molecule has 7 heteroatoms. The standard InChI is InChI=1S/C7H6Br2N4S/c8-4-2-13(12-7(4)10)3-6-11-1-5(9)14-6/h1-2H,3H2,(H2,10,12). The van der Waals surface area contributed by atoms with E-state index in [4.69, 9.17) is 5.73 Å². The Labute approximate surface area is 101 Å². The molecule has 0 amide bonds. The Balaban J connectivity index is 2.18. The van der Waals surface area contributed by atoms with Crippen molar-refractivity contribution in [3.63, 3.8) is 0 Å². The lowest BCUT2D eigenvalue weighted by molar-refractivity contribution is 0.686. The van der Waals surface area contributed by atoms with Gasteiger partial charge in [0.2, 0.25) is 0 Å². The Hall–Kier alpha value is -0.400. The first-order valence-electron chi connectivity index (χ1n) is 3.74. The van der Waals surface area contributed by atoms with Gasteiger partial charge in [-0.1, -0.05) is 0 Å². The lowest BCUT2D eigenvalue weighted by atomic mass is 10.6. The molecule has 0 saturated carbocycles. The largest absolute Gasteiger partial charge is 0.381 e. The van der Waals surface area contributed by atoms with Gasteiger partial charge in [0.15, 0.2) is 5.82 Å². The van der Waals surface area contributed by atoms with Gasteiger partial charge in [0.25, 0.3) is 0 Å². The number of hydrogen-bond acceptors (Lipinski definition) is 4. The number of thiazole rings is 1. The van der Waals surface area contributed by atoms with Crippen molar-refractivity contribution in [2.24, 2.45) is 0 Å². The van der Waals surface area contributed by atoms with Crippen LogP contribution in [0.1, 0.15) is 5.01 Å². The summed E-state index contributed by atoms with van der Waals surface area (Å²) in [4.78, 5) is 4.20. The lowest BCUT2D eigenvalue weighted by Crippen LogP contribution is -2.00. The zero-order valence-corrected chi connectivity index (χ0v) is 10.9. The molecule has 0 unspecified atom stereocenters. The first kappa shape index (κ1) is 10.1. The highest BCUT2D eigenvalue weighted by atomic mass is 79.9. The summed E-state index contributed by atoms with van der Waals surface area (Å²) in [6.45, 7) is 0.645. The summed E-state index contributed by atoms with van der Waals surface area (Å²) in [5.74, 6) is 0.501. The van der Waals surface area contributed by atoms with E-state index in [1.54, 1.807) is 22.2 Å². The first-order valence-corrected chi connectivity index (χ1v) is 6.14. The van der Waals surface area contributed by atoms with Crippen molar-refractivity contribution in [2.75, 3.05) is 5.73 Å². The van der Waals surface area contributed by atoms with Crippen LogP contribution in [0.15, 0.2) is 20.7 Å². The molecular formula is C7H6Br2N4S. The van der Waals surface area contributed by atoms with E-state index in [1.165, 1.54) is 0 Å². The van der Waals surface area contributed by atoms with E-state index in [2.05, 4.69) is 41.9 Å². The van der Waals surface area contributed by atoms with Crippen LogP contribution in [-0.2, 0) is 6.54 Å². The molecule has 2 aromatic rings. The van der Waals surface area contributed by atoms with Crippen LogP contribution in [0.5, 0.6) is 0 Å². The van der Waals surface area contributed by atoms with Gasteiger partial charge in [-0.25, -0.2) is 4.98 Å². The van der Waals surface area contributed by atoms with Crippen molar-refractivity contribution < 1.29 is 0 Å². The minimum absolute atomic E-state index is 0.501. The number of aromatic nitrogens is 3. The van der Waals surface area contributed by atoms with Gasteiger partial charge in [0, 0.05) is 6.20 Å². The van der Waals surface area contributed by atoms with Crippen LogP contribution in [-0.4, -0.2) is 14.8 Å². The Morgan fingerprint density at radius 3 is 2.79 bits per heavy atom. The number of halogens is 2. The maximum Gasteiger partial charge on any atom is 0.159 e. The van der Waals surface area contributed by atoms with Gasteiger partial charge in [-0.3, -0.25) is 4.68 Å². The van der Waals surface area contributed by atoms with E-state index < -0.39 is 0 Å². The SMILES string of the molecule is Nc1nn(Cc2ncc(Br)s2)cc1Br. The van der Waals surface area contributed by atoms with Crippen molar-refractivity contribution in [2.45, 2.75) is 6.54 Å². The quantitative estimate of drug-likeness (QED) is 0.916. The highest BCUT2D eigenvalue weighted by molar-refractivity contribution is 9.11. The van der Waals surface area contributed by atoms with Crippen molar-refractivity contribution in [3.8, 4) is 0 Å². The molecule has 4 nitrogen and oxygen atoms in total. The Morgan fingerprint density at radius 1 is 1.50 bits per heavy atom. The molecule has 2 aromatic heterocycles. The third-order valence-electron chi connectivity index (χ3n) is 1.57. The van der Waals surface area contributed by atoms with Gasteiger partial charge in [-0.05, 0) is 31.9 Å².